The van der Waals surface area contributed by atoms with E-state index >= 15 is 0 Å². The lowest BCUT2D eigenvalue weighted by atomic mass is 9.93. The number of carboxylic acid groups (broad SMARTS) is 1. The Hall–Kier alpha value is -2.83. The van der Waals surface area contributed by atoms with Gasteiger partial charge in [0.15, 0.2) is 0 Å². The van der Waals surface area contributed by atoms with E-state index < -0.39 is 5.97 Å². The quantitative estimate of drug-likeness (QED) is 0.768. The first-order valence-corrected chi connectivity index (χ1v) is 9.82. The zero-order valence-electron chi connectivity index (χ0n) is 16.3. The Morgan fingerprint density at radius 2 is 1.93 bits per heavy atom. The van der Waals surface area contributed by atoms with Gasteiger partial charge >= 0.3 is 12.0 Å². The fraction of sp³-hybridized carbons (Fsp3) is 0.476. The van der Waals surface area contributed by atoms with Crippen molar-refractivity contribution in [3.8, 4) is 0 Å². The SMILES string of the molecule is Cn1nccc1C1CCN(C(=O)NC(CCC(=O)O)Cc2ccccc2)CC1. The van der Waals surface area contributed by atoms with Gasteiger partial charge in [-0.1, -0.05) is 30.3 Å². The van der Waals surface area contributed by atoms with Crippen LogP contribution in [0, 0.1) is 0 Å². The zero-order chi connectivity index (χ0) is 19.9. The summed E-state index contributed by atoms with van der Waals surface area (Å²) >= 11 is 0. The molecular formula is C21H28N4O3. The highest BCUT2D eigenvalue weighted by Crippen LogP contribution is 2.27. The van der Waals surface area contributed by atoms with Gasteiger partial charge in [0.25, 0.3) is 0 Å². The molecule has 7 nitrogen and oxygen atoms in total. The summed E-state index contributed by atoms with van der Waals surface area (Å²) < 4.78 is 1.90. The first-order valence-electron chi connectivity index (χ1n) is 9.82. The highest BCUT2D eigenvalue weighted by Gasteiger charge is 2.26. The molecule has 2 heterocycles. The fourth-order valence-electron chi connectivity index (χ4n) is 3.85. The van der Waals surface area contributed by atoms with E-state index in [9.17, 15) is 9.59 Å². The minimum absolute atomic E-state index is 0.0420. The molecule has 1 fully saturated rings. The first kappa shape index (κ1) is 19.9. The van der Waals surface area contributed by atoms with Crippen molar-refractivity contribution in [2.75, 3.05) is 13.1 Å². The Labute approximate surface area is 165 Å². The van der Waals surface area contributed by atoms with Gasteiger partial charge in [0.1, 0.15) is 0 Å². The van der Waals surface area contributed by atoms with Crippen molar-refractivity contribution in [2.45, 2.75) is 44.1 Å². The molecular weight excluding hydrogens is 356 g/mol. The number of aryl methyl sites for hydroxylation is 1. The molecule has 1 aliphatic heterocycles. The number of aliphatic carboxylic acids is 1. The number of amides is 2. The summed E-state index contributed by atoms with van der Waals surface area (Å²) in [4.78, 5) is 25.6. The number of aromatic nitrogens is 2. The van der Waals surface area contributed by atoms with Crippen LogP contribution in [0.3, 0.4) is 0 Å². The number of likely N-dealkylation sites (tertiary alicyclic amines) is 1. The van der Waals surface area contributed by atoms with Crippen LogP contribution in [0.2, 0.25) is 0 Å². The van der Waals surface area contributed by atoms with Crippen molar-refractivity contribution in [2.24, 2.45) is 7.05 Å². The Morgan fingerprint density at radius 1 is 1.21 bits per heavy atom. The lowest BCUT2D eigenvalue weighted by molar-refractivity contribution is -0.137. The maximum Gasteiger partial charge on any atom is 0.317 e. The van der Waals surface area contributed by atoms with Crippen molar-refractivity contribution in [3.63, 3.8) is 0 Å². The number of hydrogen-bond acceptors (Lipinski definition) is 3. The molecule has 0 saturated carbocycles. The average molecular weight is 384 g/mol. The minimum atomic E-state index is -0.843. The lowest BCUT2D eigenvalue weighted by Crippen LogP contribution is -2.48. The zero-order valence-corrected chi connectivity index (χ0v) is 16.3. The summed E-state index contributed by atoms with van der Waals surface area (Å²) in [5.41, 5.74) is 2.30. The van der Waals surface area contributed by atoms with Gasteiger partial charge in [-0.15, -0.1) is 0 Å². The predicted molar refractivity (Wildman–Crippen MR) is 106 cm³/mol. The number of nitrogens with one attached hydrogen (secondary N) is 1. The second kappa shape index (κ2) is 9.39. The van der Waals surface area contributed by atoms with Gasteiger partial charge in [0, 0.05) is 50.4 Å². The highest BCUT2D eigenvalue weighted by molar-refractivity contribution is 5.75. The Balaban J connectivity index is 1.55. The minimum Gasteiger partial charge on any atom is -0.481 e. The van der Waals surface area contributed by atoms with Crippen LogP contribution in [0.1, 0.15) is 42.9 Å². The first-order chi connectivity index (χ1) is 13.5. The molecule has 7 heteroatoms. The highest BCUT2D eigenvalue weighted by atomic mass is 16.4. The monoisotopic (exact) mass is 384 g/mol. The molecule has 0 bridgehead atoms. The number of hydrogen-bond donors (Lipinski definition) is 2. The van der Waals surface area contributed by atoms with Gasteiger partial charge in [0.05, 0.1) is 0 Å². The predicted octanol–water partition coefficient (Wildman–Crippen LogP) is 2.79. The maximum atomic E-state index is 12.8. The largest absolute Gasteiger partial charge is 0.481 e. The van der Waals surface area contributed by atoms with E-state index in [2.05, 4.69) is 10.4 Å². The normalized spacial score (nSPS) is 16.0. The molecule has 1 aliphatic rings. The van der Waals surface area contributed by atoms with Gasteiger partial charge in [-0.3, -0.25) is 9.48 Å². The summed E-state index contributed by atoms with van der Waals surface area (Å²) in [6.07, 6.45) is 4.72. The molecule has 1 aromatic carbocycles. The molecule has 0 spiro atoms. The van der Waals surface area contributed by atoms with E-state index in [0.717, 1.165) is 18.4 Å². The second-order valence-corrected chi connectivity index (χ2v) is 7.41. The average Bonchev–Trinajstić information content (AvgIpc) is 3.13. The lowest BCUT2D eigenvalue weighted by Gasteiger charge is -2.33. The number of urea groups is 1. The summed E-state index contributed by atoms with van der Waals surface area (Å²) in [6, 6.07) is 11.6. The van der Waals surface area contributed by atoms with E-state index in [1.165, 1.54) is 5.69 Å². The van der Waals surface area contributed by atoms with Crippen molar-refractivity contribution >= 4 is 12.0 Å². The third kappa shape index (κ3) is 5.34. The van der Waals surface area contributed by atoms with E-state index in [1.54, 1.807) is 0 Å². The number of nitrogens with zero attached hydrogens (tertiary/aromatic N) is 3. The van der Waals surface area contributed by atoms with Crippen molar-refractivity contribution in [1.82, 2.24) is 20.0 Å². The van der Waals surface area contributed by atoms with Gasteiger partial charge in [-0.25, -0.2) is 4.79 Å². The Morgan fingerprint density at radius 3 is 2.54 bits per heavy atom. The Kier molecular flexibility index (Phi) is 6.68. The van der Waals surface area contributed by atoms with E-state index in [-0.39, 0.29) is 18.5 Å². The summed E-state index contributed by atoms with van der Waals surface area (Å²) in [5.74, 6) is -0.423. The molecule has 2 amide bonds. The second-order valence-electron chi connectivity index (χ2n) is 7.41. The van der Waals surface area contributed by atoms with Gasteiger partial charge in [0.2, 0.25) is 0 Å². The van der Waals surface area contributed by atoms with E-state index in [4.69, 9.17) is 5.11 Å². The molecule has 1 aromatic heterocycles. The molecule has 0 radical (unpaired) electrons. The van der Waals surface area contributed by atoms with Gasteiger partial charge in [-0.2, -0.15) is 5.10 Å². The molecule has 1 unspecified atom stereocenters. The third-order valence-corrected chi connectivity index (χ3v) is 5.42. The molecule has 150 valence electrons. The fourth-order valence-corrected chi connectivity index (χ4v) is 3.85. The van der Waals surface area contributed by atoms with Crippen molar-refractivity contribution < 1.29 is 14.7 Å². The molecule has 3 rings (SSSR count). The Bertz CT molecular complexity index is 782. The smallest absolute Gasteiger partial charge is 0.317 e. The molecule has 1 atom stereocenters. The number of piperidine rings is 1. The number of rotatable bonds is 7. The van der Waals surface area contributed by atoms with E-state index in [0.29, 0.717) is 31.8 Å². The van der Waals surface area contributed by atoms with Crippen LogP contribution in [-0.2, 0) is 18.3 Å². The number of carbonyl (C=O) groups is 2. The number of benzene rings is 1. The van der Waals surface area contributed by atoms with Crippen LogP contribution in [-0.4, -0.2) is 50.9 Å². The van der Waals surface area contributed by atoms with Crippen LogP contribution in [0.25, 0.3) is 0 Å². The van der Waals surface area contributed by atoms with Crippen LogP contribution in [0.15, 0.2) is 42.6 Å². The van der Waals surface area contributed by atoms with Gasteiger partial charge < -0.3 is 15.3 Å². The summed E-state index contributed by atoms with van der Waals surface area (Å²) in [6.45, 7) is 1.39. The topological polar surface area (TPSA) is 87.5 Å². The molecule has 2 aromatic rings. The van der Waals surface area contributed by atoms with Crippen molar-refractivity contribution in [3.05, 3.63) is 53.9 Å². The summed E-state index contributed by atoms with van der Waals surface area (Å²) in [5, 5.41) is 16.3. The maximum absolute atomic E-state index is 12.8. The standard InChI is InChI=1S/C21H28N4O3/c1-24-19(9-12-22-24)17-10-13-25(14-11-17)21(28)23-18(7-8-20(26)27)15-16-5-3-2-4-6-16/h2-6,9,12,17-18H,7-8,10-11,13-15H2,1H3,(H,23,28)(H,26,27). The van der Waals surface area contributed by atoms with Gasteiger partial charge in [-0.05, 0) is 37.3 Å². The molecule has 1 saturated heterocycles. The van der Waals surface area contributed by atoms with Crippen LogP contribution < -0.4 is 5.32 Å². The third-order valence-electron chi connectivity index (χ3n) is 5.42. The number of carboxylic acids is 1. The molecule has 0 aliphatic carbocycles. The van der Waals surface area contributed by atoms with Crippen molar-refractivity contribution in [1.29, 1.82) is 0 Å². The van der Waals surface area contributed by atoms with Crippen LogP contribution >= 0.6 is 0 Å². The summed E-state index contributed by atoms with van der Waals surface area (Å²) in [7, 11) is 1.95. The van der Waals surface area contributed by atoms with Crippen LogP contribution in [0.4, 0.5) is 4.79 Å². The van der Waals surface area contributed by atoms with Crippen LogP contribution in [0.5, 0.6) is 0 Å². The van der Waals surface area contributed by atoms with E-state index in [1.807, 2.05) is 59.2 Å². The molecule has 28 heavy (non-hydrogen) atoms. The molecule has 2 N–H and O–H groups in total. The number of carbonyl (C=O) groups excluding carboxylic acids is 1.